The van der Waals surface area contributed by atoms with Gasteiger partial charge in [0, 0.05) is 32.6 Å². The molecular weight excluding hydrogens is 499 g/mol. The summed E-state index contributed by atoms with van der Waals surface area (Å²) in [6.07, 6.45) is 1.66. The van der Waals surface area contributed by atoms with Crippen LogP contribution in [0.25, 0.3) is 32.8 Å². The molecule has 0 saturated heterocycles. The number of benzene rings is 2. The van der Waals surface area contributed by atoms with Crippen LogP contribution < -0.4 is 10.6 Å². The number of nitrogens with zero attached hydrogens (tertiary/aromatic N) is 2. The minimum Gasteiger partial charge on any atom is -0.434 e. The Balaban J connectivity index is 1.36. The van der Waals surface area contributed by atoms with Gasteiger partial charge >= 0.3 is 0 Å². The van der Waals surface area contributed by atoms with Gasteiger partial charge in [0.15, 0.2) is 16.3 Å². The van der Waals surface area contributed by atoms with Crippen LogP contribution in [0.2, 0.25) is 10.0 Å². The van der Waals surface area contributed by atoms with Gasteiger partial charge in [-0.1, -0.05) is 35.3 Å². The maximum Gasteiger partial charge on any atom is 0.269 e. The van der Waals surface area contributed by atoms with E-state index < -0.39 is 5.91 Å². The van der Waals surface area contributed by atoms with Gasteiger partial charge in [-0.05, 0) is 61.1 Å². The van der Waals surface area contributed by atoms with Crippen molar-refractivity contribution in [2.75, 3.05) is 5.32 Å². The first kappa shape index (κ1) is 21.8. The number of halogens is 2. The highest BCUT2D eigenvalue weighted by molar-refractivity contribution is 7.80. The molecule has 0 atom stereocenters. The van der Waals surface area contributed by atoms with E-state index in [-0.39, 0.29) is 5.11 Å². The van der Waals surface area contributed by atoms with Crippen LogP contribution in [0.3, 0.4) is 0 Å². The van der Waals surface area contributed by atoms with E-state index in [1.807, 2.05) is 31.2 Å². The molecule has 33 heavy (non-hydrogen) atoms. The summed E-state index contributed by atoms with van der Waals surface area (Å²) < 4.78 is 6.67. The van der Waals surface area contributed by atoms with Crippen molar-refractivity contribution in [3.8, 4) is 11.5 Å². The lowest BCUT2D eigenvalue weighted by atomic mass is 10.1. The normalized spacial score (nSPS) is 11.1. The van der Waals surface area contributed by atoms with Gasteiger partial charge in [-0.3, -0.25) is 10.1 Å². The number of carbonyl (C=O) groups excluding carboxylic acids is 1. The predicted molar refractivity (Wildman–Crippen MR) is 138 cm³/mol. The SMILES string of the molecule is Cc1c(NC(=S)NC(=O)c2sc3cc(Cl)ccc3c2Cl)cccc1-c1nc2ncccc2o1. The van der Waals surface area contributed by atoms with Crippen molar-refractivity contribution in [1.29, 1.82) is 0 Å². The van der Waals surface area contributed by atoms with Crippen molar-refractivity contribution in [3.63, 3.8) is 0 Å². The summed E-state index contributed by atoms with van der Waals surface area (Å²) in [6.45, 7) is 1.91. The topological polar surface area (TPSA) is 80.0 Å². The lowest BCUT2D eigenvalue weighted by Gasteiger charge is -2.13. The number of thiocarbonyl (C=S) groups is 1. The fourth-order valence-electron chi connectivity index (χ4n) is 3.39. The highest BCUT2D eigenvalue weighted by Gasteiger charge is 2.19. The molecule has 0 radical (unpaired) electrons. The van der Waals surface area contributed by atoms with Gasteiger partial charge in [-0.25, -0.2) is 4.98 Å². The summed E-state index contributed by atoms with van der Waals surface area (Å²) in [6, 6.07) is 14.5. The quantitative estimate of drug-likeness (QED) is 0.257. The fraction of sp³-hybridized carbons (Fsp3) is 0.0435. The molecule has 1 amide bonds. The van der Waals surface area contributed by atoms with Crippen molar-refractivity contribution in [1.82, 2.24) is 15.3 Å². The van der Waals surface area contributed by atoms with Gasteiger partial charge in [-0.2, -0.15) is 4.98 Å². The number of carbonyl (C=O) groups is 1. The Labute approximate surface area is 207 Å². The summed E-state index contributed by atoms with van der Waals surface area (Å²) in [4.78, 5) is 21.8. The molecule has 0 spiro atoms. The van der Waals surface area contributed by atoms with Gasteiger partial charge in [0.25, 0.3) is 5.91 Å². The average Bonchev–Trinajstić information content (AvgIpc) is 3.36. The highest BCUT2D eigenvalue weighted by Crippen LogP contribution is 2.36. The second-order valence-corrected chi connectivity index (χ2v) is 9.39. The van der Waals surface area contributed by atoms with Gasteiger partial charge in [0.1, 0.15) is 4.88 Å². The molecule has 6 nitrogen and oxygen atoms in total. The number of pyridine rings is 1. The number of rotatable bonds is 3. The molecule has 5 aromatic rings. The van der Waals surface area contributed by atoms with Crippen molar-refractivity contribution < 1.29 is 9.21 Å². The lowest BCUT2D eigenvalue weighted by molar-refractivity contribution is 0.0982. The van der Waals surface area contributed by atoms with Crippen LogP contribution in [-0.4, -0.2) is 21.0 Å². The second kappa shape index (κ2) is 8.72. The largest absolute Gasteiger partial charge is 0.434 e. The Morgan fingerprint density at radius 1 is 1.15 bits per heavy atom. The molecule has 0 unspecified atom stereocenters. The minimum atomic E-state index is -0.395. The second-order valence-electron chi connectivity index (χ2n) is 7.12. The van der Waals surface area contributed by atoms with Crippen molar-refractivity contribution in [3.05, 3.63) is 75.2 Å². The molecule has 0 aliphatic heterocycles. The standard InChI is InChI=1S/C23H14Cl2N4O2S2/c1-11-13(22-28-20-16(31-22)6-3-9-26-20)4-2-5-15(11)27-23(32)29-21(30)19-18(25)14-8-7-12(24)10-17(14)33-19/h2-10H,1H3,(H2,27,29,30,32). The molecule has 0 bridgehead atoms. The molecule has 0 saturated carbocycles. The molecule has 0 aliphatic carbocycles. The number of hydrogen-bond acceptors (Lipinski definition) is 6. The van der Waals surface area contributed by atoms with Gasteiger partial charge in [0.2, 0.25) is 5.89 Å². The van der Waals surface area contributed by atoms with E-state index in [9.17, 15) is 4.79 Å². The zero-order chi connectivity index (χ0) is 23.1. The van der Waals surface area contributed by atoms with Crippen LogP contribution in [0.4, 0.5) is 5.69 Å². The third kappa shape index (κ3) is 4.18. The van der Waals surface area contributed by atoms with Gasteiger partial charge in [-0.15, -0.1) is 11.3 Å². The van der Waals surface area contributed by atoms with Crippen LogP contribution >= 0.6 is 46.8 Å². The third-order valence-corrected chi connectivity index (χ3v) is 7.10. The number of anilines is 1. The van der Waals surface area contributed by atoms with E-state index in [4.69, 9.17) is 39.8 Å². The number of thiophene rings is 1. The Bertz CT molecular complexity index is 1530. The number of hydrogen-bond donors (Lipinski definition) is 2. The smallest absolute Gasteiger partial charge is 0.269 e. The van der Waals surface area contributed by atoms with E-state index in [1.165, 1.54) is 11.3 Å². The van der Waals surface area contributed by atoms with Crippen molar-refractivity contribution in [2.45, 2.75) is 6.92 Å². The Hall–Kier alpha value is -3.04. The summed E-state index contributed by atoms with van der Waals surface area (Å²) in [7, 11) is 0. The average molecular weight is 513 g/mol. The molecule has 5 rings (SSSR count). The molecule has 3 aromatic heterocycles. The summed E-state index contributed by atoms with van der Waals surface area (Å²) in [5, 5.41) is 7.63. The van der Waals surface area contributed by atoms with Crippen LogP contribution in [-0.2, 0) is 0 Å². The lowest BCUT2D eigenvalue weighted by Crippen LogP contribution is -2.34. The minimum absolute atomic E-state index is 0.144. The number of oxazole rings is 1. The fourth-order valence-corrected chi connectivity index (χ4v) is 5.28. The van der Waals surface area contributed by atoms with E-state index in [2.05, 4.69) is 20.6 Å². The van der Waals surface area contributed by atoms with E-state index >= 15 is 0 Å². The Kier molecular flexibility index (Phi) is 5.76. The Morgan fingerprint density at radius 2 is 2.00 bits per heavy atom. The zero-order valence-electron chi connectivity index (χ0n) is 17.0. The number of fused-ring (bicyclic) bond motifs is 2. The van der Waals surface area contributed by atoms with Crippen LogP contribution in [0.1, 0.15) is 15.2 Å². The zero-order valence-corrected chi connectivity index (χ0v) is 20.1. The molecular formula is C23H14Cl2N4O2S2. The molecule has 164 valence electrons. The highest BCUT2D eigenvalue weighted by atomic mass is 35.5. The number of aromatic nitrogens is 2. The van der Waals surface area contributed by atoms with E-state index in [0.29, 0.717) is 37.7 Å². The van der Waals surface area contributed by atoms with Crippen molar-refractivity contribution >= 4 is 84.8 Å². The maximum absolute atomic E-state index is 12.8. The molecule has 2 N–H and O–H groups in total. The summed E-state index contributed by atoms with van der Waals surface area (Å²) in [5.74, 6) is 0.0594. The molecule has 3 heterocycles. The van der Waals surface area contributed by atoms with Crippen molar-refractivity contribution in [2.24, 2.45) is 0 Å². The van der Waals surface area contributed by atoms with Gasteiger partial charge in [0.05, 0.1) is 5.02 Å². The third-order valence-electron chi connectivity index (χ3n) is 5.00. The summed E-state index contributed by atoms with van der Waals surface area (Å²) >= 11 is 19.1. The van der Waals surface area contributed by atoms with E-state index in [0.717, 1.165) is 21.2 Å². The molecule has 0 fully saturated rings. The van der Waals surface area contributed by atoms with Gasteiger partial charge < -0.3 is 9.73 Å². The first-order valence-corrected chi connectivity index (χ1v) is 11.7. The first-order chi connectivity index (χ1) is 15.9. The van der Waals surface area contributed by atoms with E-state index in [1.54, 1.807) is 30.5 Å². The number of nitrogens with one attached hydrogen (secondary N) is 2. The van der Waals surface area contributed by atoms with Crippen LogP contribution in [0.15, 0.2) is 59.1 Å². The molecule has 2 aromatic carbocycles. The summed E-state index contributed by atoms with van der Waals surface area (Å²) in [5.41, 5.74) is 3.50. The number of amides is 1. The Morgan fingerprint density at radius 3 is 2.82 bits per heavy atom. The predicted octanol–water partition coefficient (Wildman–Crippen LogP) is 6.85. The van der Waals surface area contributed by atoms with Crippen LogP contribution in [0, 0.1) is 6.92 Å². The maximum atomic E-state index is 12.8. The first-order valence-electron chi connectivity index (χ1n) is 9.72. The monoisotopic (exact) mass is 512 g/mol. The molecule has 0 aliphatic rings. The van der Waals surface area contributed by atoms with Crippen LogP contribution in [0.5, 0.6) is 0 Å². The molecule has 10 heteroatoms.